The lowest BCUT2D eigenvalue weighted by molar-refractivity contribution is -0.137. The maximum absolute atomic E-state index is 10.8. The molecule has 0 aliphatic rings. The quantitative estimate of drug-likeness (QED) is 0.874. The fraction of sp³-hybridized carbons (Fsp3) is 0.500. The van der Waals surface area contributed by atoms with Gasteiger partial charge in [-0.05, 0) is 32.9 Å². The van der Waals surface area contributed by atoms with Gasteiger partial charge >= 0.3 is 5.97 Å². The molecule has 2 rings (SSSR count). The number of hydrogen-bond acceptors (Lipinski definition) is 6. The van der Waals surface area contributed by atoms with Gasteiger partial charge in [-0.25, -0.2) is 0 Å². The molecule has 2 aromatic heterocycles. The summed E-state index contributed by atoms with van der Waals surface area (Å²) >= 11 is 0. The van der Waals surface area contributed by atoms with Crippen LogP contribution in [0.3, 0.4) is 0 Å². The van der Waals surface area contributed by atoms with E-state index in [0.29, 0.717) is 30.6 Å². The van der Waals surface area contributed by atoms with E-state index < -0.39 is 5.97 Å². The van der Waals surface area contributed by atoms with Gasteiger partial charge in [0, 0.05) is 12.1 Å². The van der Waals surface area contributed by atoms with Crippen LogP contribution in [0.4, 0.5) is 0 Å². The molecule has 0 saturated carbocycles. The Morgan fingerprint density at radius 2 is 2.19 bits per heavy atom. The van der Waals surface area contributed by atoms with E-state index in [4.69, 9.17) is 14.0 Å². The smallest absolute Gasteiger partial charge is 0.304 e. The van der Waals surface area contributed by atoms with Crippen molar-refractivity contribution in [2.75, 3.05) is 6.54 Å². The Morgan fingerprint density at radius 3 is 2.76 bits per heavy atom. The number of carboxylic acids is 1. The predicted octanol–water partition coefficient (Wildman–Crippen LogP) is 2.40. The Bertz CT molecular complexity index is 584. The van der Waals surface area contributed by atoms with E-state index in [9.17, 15) is 4.79 Å². The van der Waals surface area contributed by atoms with Crippen LogP contribution in [0.5, 0.6) is 0 Å². The number of furan rings is 1. The molecule has 1 N–H and O–H groups in total. The van der Waals surface area contributed by atoms with Crippen LogP contribution in [0.15, 0.2) is 27.3 Å². The Labute approximate surface area is 122 Å². The number of hydrogen-bond donors (Lipinski definition) is 1. The molecule has 2 heterocycles. The van der Waals surface area contributed by atoms with Crippen molar-refractivity contribution < 1.29 is 18.8 Å². The van der Waals surface area contributed by atoms with Crippen molar-refractivity contribution in [1.82, 2.24) is 15.0 Å². The summed E-state index contributed by atoms with van der Waals surface area (Å²) in [5, 5.41) is 12.8. The highest BCUT2D eigenvalue weighted by Gasteiger charge is 2.24. The molecule has 2 aromatic rings. The maximum atomic E-state index is 10.8. The van der Waals surface area contributed by atoms with E-state index in [-0.39, 0.29) is 12.0 Å². The highest BCUT2D eigenvalue weighted by molar-refractivity contribution is 5.66. The van der Waals surface area contributed by atoms with Crippen LogP contribution in [0.1, 0.15) is 33.0 Å². The molecule has 0 aromatic carbocycles. The van der Waals surface area contributed by atoms with Gasteiger partial charge in [-0.1, -0.05) is 5.16 Å². The van der Waals surface area contributed by atoms with E-state index in [1.807, 2.05) is 25.7 Å². The molecule has 114 valence electrons. The average molecular weight is 293 g/mol. The molecule has 0 unspecified atom stereocenters. The lowest BCUT2D eigenvalue weighted by Gasteiger charge is -2.34. The molecule has 7 nitrogen and oxygen atoms in total. The second kappa shape index (κ2) is 6.09. The van der Waals surface area contributed by atoms with E-state index >= 15 is 0 Å². The topological polar surface area (TPSA) is 92.6 Å². The van der Waals surface area contributed by atoms with Crippen molar-refractivity contribution in [2.24, 2.45) is 0 Å². The first kappa shape index (κ1) is 15.2. The summed E-state index contributed by atoms with van der Waals surface area (Å²) in [6.07, 6.45) is 1.60. The number of nitrogens with zero attached hydrogens (tertiary/aromatic N) is 3. The van der Waals surface area contributed by atoms with Gasteiger partial charge in [-0.2, -0.15) is 4.98 Å². The molecule has 0 bridgehead atoms. The third-order valence-corrected chi connectivity index (χ3v) is 3.08. The Hall–Kier alpha value is -2.15. The molecule has 0 fully saturated rings. The van der Waals surface area contributed by atoms with E-state index in [0.717, 1.165) is 0 Å². The highest BCUT2D eigenvalue weighted by atomic mass is 16.5. The molecular formula is C14H19N3O4. The lowest BCUT2D eigenvalue weighted by atomic mass is 10.1. The molecular weight excluding hydrogens is 274 g/mol. The summed E-state index contributed by atoms with van der Waals surface area (Å²) in [7, 11) is 0. The van der Waals surface area contributed by atoms with Crippen molar-refractivity contribution >= 4 is 5.97 Å². The van der Waals surface area contributed by atoms with Gasteiger partial charge in [0.2, 0.25) is 0 Å². The first-order chi connectivity index (χ1) is 9.86. The number of aliphatic carboxylic acids is 1. The van der Waals surface area contributed by atoms with E-state index in [1.165, 1.54) is 6.26 Å². The van der Waals surface area contributed by atoms with Gasteiger partial charge in [0.05, 0.1) is 19.2 Å². The van der Waals surface area contributed by atoms with Gasteiger partial charge in [0.15, 0.2) is 11.6 Å². The van der Waals surface area contributed by atoms with Crippen LogP contribution in [0.2, 0.25) is 0 Å². The number of carbonyl (C=O) groups is 1. The average Bonchev–Trinajstić information content (AvgIpc) is 3.03. The SMILES string of the molecule is CC(C)(C)N(CCC(=O)O)Cc1noc(-c2ccco2)n1. The zero-order chi connectivity index (χ0) is 15.5. The summed E-state index contributed by atoms with van der Waals surface area (Å²) in [6, 6.07) is 3.48. The van der Waals surface area contributed by atoms with Crippen LogP contribution >= 0.6 is 0 Å². The first-order valence-electron chi connectivity index (χ1n) is 6.69. The first-order valence-corrected chi connectivity index (χ1v) is 6.69. The van der Waals surface area contributed by atoms with E-state index in [2.05, 4.69) is 10.1 Å². The molecule has 21 heavy (non-hydrogen) atoms. The largest absolute Gasteiger partial charge is 0.481 e. The normalized spacial score (nSPS) is 12.0. The third kappa shape index (κ3) is 4.16. The summed E-state index contributed by atoms with van der Waals surface area (Å²) in [6.45, 7) is 6.89. The summed E-state index contributed by atoms with van der Waals surface area (Å²) in [4.78, 5) is 17.0. The fourth-order valence-corrected chi connectivity index (χ4v) is 1.87. The predicted molar refractivity (Wildman–Crippen MR) is 74.4 cm³/mol. The monoisotopic (exact) mass is 293 g/mol. The van der Waals surface area contributed by atoms with Crippen LogP contribution < -0.4 is 0 Å². The standard InChI is InChI=1S/C14H19N3O4/c1-14(2,3)17(7-6-12(18)19)9-11-15-13(21-16-11)10-5-4-8-20-10/h4-5,8H,6-7,9H2,1-3H3,(H,18,19). The van der Waals surface area contributed by atoms with Gasteiger partial charge in [0.25, 0.3) is 5.89 Å². The van der Waals surface area contributed by atoms with Crippen LogP contribution in [-0.2, 0) is 11.3 Å². The molecule has 0 atom stereocenters. The highest BCUT2D eigenvalue weighted by Crippen LogP contribution is 2.20. The zero-order valence-electron chi connectivity index (χ0n) is 12.4. The second-order valence-electron chi connectivity index (χ2n) is 5.73. The van der Waals surface area contributed by atoms with Gasteiger partial charge < -0.3 is 14.0 Å². The summed E-state index contributed by atoms with van der Waals surface area (Å²) in [5.41, 5.74) is -0.194. The van der Waals surface area contributed by atoms with Crippen LogP contribution in [0.25, 0.3) is 11.7 Å². The molecule has 0 spiro atoms. The maximum Gasteiger partial charge on any atom is 0.304 e. The molecule has 0 saturated heterocycles. The van der Waals surface area contributed by atoms with Crippen molar-refractivity contribution in [3.8, 4) is 11.7 Å². The molecule has 7 heteroatoms. The Balaban J connectivity index is 2.08. The molecule has 0 aliphatic carbocycles. The van der Waals surface area contributed by atoms with Crippen molar-refractivity contribution in [2.45, 2.75) is 39.3 Å². The molecule has 0 amide bonds. The van der Waals surface area contributed by atoms with Crippen LogP contribution in [0, 0.1) is 0 Å². The van der Waals surface area contributed by atoms with Gasteiger partial charge in [-0.15, -0.1) is 0 Å². The van der Waals surface area contributed by atoms with Gasteiger partial charge in [-0.3, -0.25) is 9.69 Å². The summed E-state index contributed by atoms with van der Waals surface area (Å²) in [5.74, 6) is 0.513. The van der Waals surface area contributed by atoms with Crippen molar-refractivity contribution in [3.63, 3.8) is 0 Å². The fourth-order valence-electron chi connectivity index (χ4n) is 1.87. The molecule has 0 radical (unpaired) electrons. The number of carboxylic acid groups (broad SMARTS) is 1. The Morgan fingerprint density at radius 1 is 1.43 bits per heavy atom. The van der Waals surface area contributed by atoms with Crippen molar-refractivity contribution in [3.05, 3.63) is 24.2 Å². The minimum atomic E-state index is -0.825. The van der Waals surface area contributed by atoms with Gasteiger partial charge in [0.1, 0.15) is 0 Å². The number of rotatable bonds is 6. The van der Waals surface area contributed by atoms with Crippen molar-refractivity contribution in [1.29, 1.82) is 0 Å². The van der Waals surface area contributed by atoms with E-state index in [1.54, 1.807) is 12.1 Å². The summed E-state index contributed by atoms with van der Waals surface area (Å²) < 4.78 is 10.3. The minimum Gasteiger partial charge on any atom is -0.481 e. The molecule has 0 aliphatic heterocycles. The number of aromatic nitrogens is 2. The minimum absolute atomic E-state index is 0.0696. The van der Waals surface area contributed by atoms with Crippen LogP contribution in [-0.4, -0.2) is 38.2 Å². The second-order valence-corrected chi connectivity index (χ2v) is 5.73. The zero-order valence-corrected chi connectivity index (χ0v) is 12.4. The lowest BCUT2D eigenvalue weighted by Crippen LogP contribution is -2.42. The Kier molecular flexibility index (Phi) is 4.42. The third-order valence-electron chi connectivity index (χ3n) is 3.08.